The maximum absolute atomic E-state index is 7.55. The lowest BCUT2D eigenvalue weighted by Crippen LogP contribution is -2.47. The van der Waals surface area contributed by atoms with Gasteiger partial charge in [0.2, 0.25) is 0 Å². The molecule has 0 aliphatic carbocycles. The zero-order valence-electron chi connectivity index (χ0n) is 36.8. The van der Waals surface area contributed by atoms with Crippen molar-refractivity contribution in [3.8, 4) is 0 Å². The first-order valence-electron chi connectivity index (χ1n) is 24.9. The predicted octanol–water partition coefficient (Wildman–Crippen LogP) is 18.5. The lowest BCUT2D eigenvalue weighted by Gasteiger charge is -2.39. The summed E-state index contributed by atoms with van der Waals surface area (Å²) in [5.74, 6) is 0.741. The molecule has 1 nitrogen and oxygen atoms in total. The van der Waals surface area contributed by atoms with Crippen molar-refractivity contribution in [2.24, 2.45) is 11.7 Å². The van der Waals surface area contributed by atoms with Crippen molar-refractivity contribution in [3.05, 3.63) is 0 Å². The van der Waals surface area contributed by atoms with Gasteiger partial charge in [-0.05, 0) is 31.6 Å². The van der Waals surface area contributed by atoms with Crippen molar-refractivity contribution in [1.82, 2.24) is 0 Å². The molecule has 0 saturated carbocycles. The van der Waals surface area contributed by atoms with Crippen LogP contribution in [0, 0.1) is 5.92 Å². The van der Waals surface area contributed by atoms with Gasteiger partial charge in [-0.25, -0.2) is 0 Å². The maximum atomic E-state index is 7.55. The first-order chi connectivity index (χ1) is 25.1. The molecular weight excluding hydrogens is 615 g/mol. The predicted molar refractivity (Wildman–Crippen MR) is 236 cm³/mol. The molecule has 308 valence electrons. The Balaban J connectivity index is 4.46. The topological polar surface area (TPSA) is 26.0 Å². The number of rotatable bonds is 45. The highest BCUT2D eigenvalue weighted by atomic mass is 14.8. The van der Waals surface area contributed by atoms with E-state index in [-0.39, 0.29) is 5.54 Å². The van der Waals surface area contributed by atoms with Gasteiger partial charge in [-0.3, -0.25) is 0 Å². The zero-order valence-corrected chi connectivity index (χ0v) is 36.8. The summed E-state index contributed by atoms with van der Waals surface area (Å²) in [6.07, 6.45) is 62.8. The Kier molecular flexibility index (Phi) is 42.7. The molecule has 0 aliphatic heterocycles. The van der Waals surface area contributed by atoms with Crippen LogP contribution in [0.1, 0.15) is 310 Å². The van der Waals surface area contributed by atoms with E-state index in [4.69, 9.17) is 5.73 Å². The molecule has 51 heavy (non-hydrogen) atoms. The molecule has 0 amide bonds. The van der Waals surface area contributed by atoms with Gasteiger partial charge in [0.15, 0.2) is 0 Å². The minimum absolute atomic E-state index is 0.0860. The van der Waals surface area contributed by atoms with Crippen molar-refractivity contribution in [1.29, 1.82) is 0 Å². The van der Waals surface area contributed by atoms with E-state index >= 15 is 0 Å². The molecule has 0 spiro atoms. The highest BCUT2D eigenvalue weighted by Crippen LogP contribution is 2.35. The largest absolute Gasteiger partial charge is 0.325 e. The Morgan fingerprint density at radius 2 is 0.471 bits per heavy atom. The summed E-state index contributed by atoms with van der Waals surface area (Å²) in [6, 6.07) is 0. The fourth-order valence-corrected chi connectivity index (χ4v) is 8.95. The average Bonchev–Trinajstić information content (AvgIpc) is 3.13. The van der Waals surface area contributed by atoms with Gasteiger partial charge >= 0.3 is 0 Å². The zero-order chi connectivity index (χ0) is 37.2. The monoisotopic (exact) mass is 718 g/mol. The number of unbranched alkanes of at least 4 members (excludes halogenated alkanes) is 36. The fraction of sp³-hybridized carbons (Fsp3) is 1.00. The van der Waals surface area contributed by atoms with Gasteiger partial charge in [-0.2, -0.15) is 0 Å². The SMILES string of the molecule is CCCCCCCCCCCCCCCC(CCC)C(N)(CCCCCCCCCCCCCCC)CCCCCCCCCCCCCCC. The van der Waals surface area contributed by atoms with E-state index in [9.17, 15) is 0 Å². The molecule has 0 rings (SSSR count). The van der Waals surface area contributed by atoms with Gasteiger partial charge in [0.05, 0.1) is 0 Å². The minimum atomic E-state index is 0.0860. The van der Waals surface area contributed by atoms with Crippen LogP contribution in [0.5, 0.6) is 0 Å². The average molecular weight is 718 g/mol. The highest BCUT2D eigenvalue weighted by Gasteiger charge is 2.32. The standard InChI is InChI=1S/C50H103N/c1-5-9-12-15-18-21-24-27-30-33-36-39-42-46-49(45-8-4)50(51,47-43-40-37-34-31-28-25-22-19-16-13-10-6-2)48-44-41-38-35-32-29-26-23-20-17-14-11-7-3/h49H,5-48,51H2,1-4H3. The molecule has 0 aliphatic rings. The van der Waals surface area contributed by atoms with Crippen LogP contribution in [0.2, 0.25) is 0 Å². The third-order valence-electron chi connectivity index (χ3n) is 12.6. The molecule has 0 aromatic carbocycles. The lowest BCUT2D eigenvalue weighted by molar-refractivity contribution is 0.192. The van der Waals surface area contributed by atoms with E-state index < -0.39 is 0 Å². The number of hydrogen-bond acceptors (Lipinski definition) is 1. The third kappa shape index (κ3) is 36.7. The summed E-state index contributed by atoms with van der Waals surface area (Å²) in [7, 11) is 0. The summed E-state index contributed by atoms with van der Waals surface area (Å²) in [6.45, 7) is 9.36. The second-order valence-electron chi connectivity index (χ2n) is 17.7. The second-order valence-corrected chi connectivity index (χ2v) is 17.7. The summed E-state index contributed by atoms with van der Waals surface area (Å²) >= 11 is 0. The Morgan fingerprint density at radius 1 is 0.255 bits per heavy atom. The minimum Gasteiger partial charge on any atom is -0.325 e. The molecule has 2 N–H and O–H groups in total. The molecule has 0 bridgehead atoms. The van der Waals surface area contributed by atoms with Gasteiger partial charge in [0, 0.05) is 5.54 Å². The van der Waals surface area contributed by atoms with Gasteiger partial charge < -0.3 is 5.73 Å². The van der Waals surface area contributed by atoms with Crippen molar-refractivity contribution < 1.29 is 0 Å². The van der Waals surface area contributed by atoms with E-state index in [0.29, 0.717) is 0 Å². The van der Waals surface area contributed by atoms with Crippen LogP contribution in [-0.4, -0.2) is 5.54 Å². The summed E-state index contributed by atoms with van der Waals surface area (Å²) in [5.41, 5.74) is 7.64. The van der Waals surface area contributed by atoms with Crippen LogP contribution in [0.15, 0.2) is 0 Å². The van der Waals surface area contributed by atoms with Crippen LogP contribution in [0.3, 0.4) is 0 Å². The summed E-state index contributed by atoms with van der Waals surface area (Å²) in [4.78, 5) is 0. The Hall–Kier alpha value is -0.0400. The second kappa shape index (κ2) is 42.7. The smallest absolute Gasteiger partial charge is 0.0182 e. The van der Waals surface area contributed by atoms with Crippen LogP contribution in [-0.2, 0) is 0 Å². The Labute approximate surface area is 326 Å². The quantitative estimate of drug-likeness (QED) is 0.0624. The van der Waals surface area contributed by atoms with E-state index in [1.54, 1.807) is 0 Å². The first kappa shape index (κ1) is 51.0. The van der Waals surface area contributed by atoms with Crippen molar-refractivity contribution >= 4 is 0 Å². The molecule has 0 heterocycles. The van der Waals surface area contributed by atoms with Gasteiger partial charge in [-0.1, -0.05) is 285 Å². The van der Waals surface area contributed by atoms with E-state index in [0.717, 1.165) is 5.92 Å². The molecule has 1 atom stereocenters. The van der Waals surface area contributed by atoms with Crippen LogP contribution < -0.4 is 5.73 Å². The Morgan fingerprint density at radius 3 is 0.706 bits per heavy atom. The van der Waals surface area contributed by atoms with Crippen molar-refractivity contribution in [3.63, 3.8) is 0 Å². The molecule has 1 unspecified atom stereocenters. The number of nitrogens with two attached hydrogens (primary N) is 1. The molecular formula is C50H103N. The van der Waals surface area contributed by atoms with Crippen LogP contribution in [0.4, 0.5) is 0 Å². The van der Waals surface area contributed by atoms with Gasteiger partial charge in [-0.15, -0.1) is 0 Å². The number of hydrogen-bond donors (Lipinski definition) is 1. The summed E-state index contributed by atoms with van der Waals surface area (Å²) < 4.78 is 0. The van der Waals surface area contributed by atoms with Crippen molar-refractivity contribution in [2.75, 3.05) is 0 Å². The van der Waals surface area contributed by atoms with Gasteiger partial charge in [0.25, 0.3) is 0 Å². The first-order valence-corrected chi connectivity index (χ1v) is 24.9. The molecule has 1 heteroatoms. The Bertz CT molecular complexity index is 582. The molecule has 0 fully saturated rings. The molecule has 0 aromatic rings. The fourth-order valence-electron chi connectivity index (χ4n) is 8.95. The van der Waals surface area contributed by atoms with E-state index in [2.05, 4.69) is 27.7 Å². The lowest BCUT2D eigenvalue weighted by atomic mass is 9.72. The van der Waals surface area contributed by atoms with Crippen LogP contribution >= 0.6 is 0 Å². The third-order valence-corrected chi connectivity index (χ3v) is 12.6. The highest BCUT2D eigenvalue weighted by molar-refractivity contribution is 4.91. The van der Waals surface area contributed by atoms with E-state index in [1.807, 2.05) is 0 Å². The van der Waals surface area contributed by atoms with Crippen LogP contribution in [0.25, 0.3) is 0 Å². The maximum Gasteiger partial charge on any atom is 0.0182 e. The van der Waals surface area contributed by atoms with E-state index in [1.165, 1.54) is 283 Å². The summed E-state index contributed by atoms with van der Waals surface area (Å²) in [5, 5.41) is 0. The van der Waals surface area contributed by atoms with Gasteiger partial charge in [0.1, 0.15) is 0 Å². The molecule has 0 aromatic heterocycles. The molecule has 0 saturated heterocycles. The van der Waals surface area contributed by atoms with Crippen molar-refractivity contribution in [2.45, 2.75) is 316 Å². The normalized spacial score (nSPS) is 12.6. The molecule has 0 radical (unpaired) electrons.